The summed E-state index contributed by atoms with van der Waals surface area (Å²) in [6.45, 7) is -0.255. The molecule has 2 saturated carbocycles. The number of hydrogen-bond acceptors (Lipinski definition) is 2. The fourth-order valence-electron chi connectivity index (χ4n) is 3.58. The summed E-state index contributed by atoms with van der Waals surface area (Å²) in [4.78, 5) is 11.9. The first-order valence-electron chi connectivity index (χ1n) is 7.51. The highest BCUT2D eigenvalue weighted by molar-refractivity contribution is 5.78. The van der Waals surface area contributed by atoms with Crippen LogP contribution in [0, 0.1) is 11.8 Å². The predicted octanol–water partition coefficient (Wildman–Crippen LogP) is 3.39. The van der Waals surface area contributed by atoms with Crippen molar-refractivity contribution in [2.45, 2.75) is 37.9 Å². The molecule has 2 fully saturated rings. The Hall–Kier alpha value is -1.72. The zero-order chi connectivity index (χ0) is 15.7. The van der Waals surface area contributed by atoms with Crippen LogP contribution in [0.1, 0.15) is 31.2 Å². The summed E-state index contributed by atoms with van der Waals surface area (Å²) in [6.07, 6.45) is 0.186. The third-order valence-electron chi connectivity index (χ3n) is 4.62. The van der Waals surface area contributed by atoms with Crippen LogP contribution >= 0.6 is 0 Å². The molecular formula is C16H18F3NO2. The number of alkyl halides is 3. The molecule has 0 radical (unpaired) electrons. The minimum Gasteiger partial charge on any atom is -0.484 e. The predicted molar refractivity (Wildman–Crippen MR) is 74.3 cm³/mol. The summed E-state index contributed by atoms with van der Waals surface area (Å²) in [5.41, 5.74) is -0.779. The number of rotatable bonds is 4. The largest absolute Gasteiger partial charge is 0.484 e. The second-order valence-electron chi connectivity index (χ2n) is 6.16. The van der Waals surface area contributed by atoms with E-state index in [1.807, 2.05) is 0 Å². The van der Waals surface area contributed by atoms with E-state index in [2.05, 4.69) is 5.32 Å². The fraction of sp³-hybridized carbons (Fsp3) is 0.562. The Balaban J connectivity index is 1.51. The molecule has 2 aliphatic rings. The molecule has 1 aromatic carbocycles. The van der Waals surface area contributed by atoms with Crippen molar-refractivity contribution < 1.29 is 22.7 Å². The van der Waals surface area contributed by atoms with Crippen LogP contribution in [0.2, 0.25) is 0 Å². The first-order valence-corrected chi connectivity index (χ1v) is 7.51. The lowest BCUT2D eigenvalue weighted by Crippen LogP contribution is -2.40. The molecule has 22 heavy (non-hydrogen) atoms. The van der Waals surface area contributed by atoms with Gasteiger partial charge < -0.3 is 10.1 Å². The van der Waals surface area contributed by atoms with E-state index in [-0.39, 0.29) is 24.3 Å². The van der Waals surface area contributed by atoms with E-state index in [9.17, 15) is 18.0 Å². The Morgan fingerprint density at radius 3 is 2.73 bits per heavy atom. The first-order chi connectivity index (χ1) is 10.4. The normalized spacial score (nSPS) is 27.0. The minimum absolute atomic E-state index is 0.0536. The number of hydrogen-bond donors (Lipinski definition) is 1. The summed E-state index contributed by atoms with van der Waals surface area (Å²) < 4.78 is 42.9. The minimum atomic E-state index is -4.41. The summed E-state index contributed by atoms with van der Waals surface area (Å²) in [5.74, 6) is 1.06. The topological polar surface area (TPSA) is 38.3 Å². The van der Waals surface area contributed by atoms with E-state index < -0.39 is 11.7 Å². The van der Waals surface area contributed by atoms with Crippen LogP contribution in [0.4, 0.5) is 13.2 Å². The van der Waals surface area contributed by atoms with Crippen molar-refractivity contribution in [3.63, 3.8) is 0 Å². The van der Waals surface area contributed by atoms with Gasteiger partial charge in [0.05, 0.1) is 5.56 Å². The molecule has 0 heterocycles. The van der Waals surface area contributed by atoms with Gasteiger partial charge in [0.15, 0.2) is 6.61 Å². The van der Waals surface area contributed by atoms with Crippen LogP contribution in [-0.4, -0.2) is 18.6 Å². The summed E-state index contributed by atoms with van der Waals surface area (Å²) >= 11 is 0. The van der Waals surface area contributed by atoms with Crippen LogP contribution in [0.15, 0.2) is 24.3 Å². The SMILES string of the molecule is O=C(COc1cccc(C(F)(F)F)c1)N[C@@H]1C[C@H]2CC[C@H]1C2. The zero-order valence-corrected chi connectivity index (χ0v) is 12.0. The second-order valence-corrected chi connectivity index (χ2v) is 6.16. The van der Waals surface area contributed by atoms with Crippen molar-refractivity contribution in [3.05, 3.63) is 29.8 Å². The highest BCUT2D eigenvalue weighted by Gasteiger charge is 2.40. The Morgan fingerprint density at radius 1 is 1.27 bits per heavy atom. The van der Waals surface area contributed by atoms with Crippen molar-refractivity contribution in [2.75, 3.05) is 6.61 Å². The fourth-order valence-corrected chi connectivity index (χ4v) is 3.58. The molecule has 3 atom stereocenters. The number of carbonyl (C=O) groups excluding carboxylic acids is 1. The molecule has 0 unspecified atom stereocenters. The lowest BCUT2D eigenvalue weighted by atomic mass is 9.95. The lowest BCUT2D eigenvalue weighted by molar-refractivity contribution is -0.137. The molecular weight excluding hydrogens is 295 g/mol. The van der Waals surface area contributed by atoms with Gasteiger partial charge in [-0.1, -0.05) is 12.5 Å². The van der Waals surface area contributed by atoms with Crippen LogP contribution in [0.5, 0.6) is 5.75 Å². The van der Waals surface area contributed by atoms with E-state index in [0.717, 1.165) is 30.9 Å². The Labute approximate surface area is 126 Å². The number of carbonyl (C=O) groups is 1. The van der Waals surface area contributed by atoms with E-state index in [1.165, 1.54) is 25.0 Å². The standard InChI is InChI=1S/C16H18F3NO2/c17-16(18,19)12-2-1-3-13(8-12)22-9-15(21)20-14-7-10-4-5-11(14)6-10/h1-3,8,10-11,14H,4-7,9H2,(H,20,21)/t10-,11-,14+/m0/s1. The summed E-state index contributed by atoms with van der Waals surface area (Å²) in [5, 5.41) is 2.94. The second kappa shape index (κ2) is 5.82. The molecule has 0 saturated heterocycles. The Kier molecular flexibility index (Phi) is 4.02. The van der Waals surface area contributed by atoms with Gasteiger partial charge in [-0.3, -0.25) is 4.79 Å². The van der Waals surface area contributed by atoms with Gasteiger partial charge in [0.1, 0.15) is 5.75 Å². The Morgan fingerprint density at radius 2 is 2.09 bits per heavy atom. The van der Waals surface area contributed by atoms with Crippen LogP contribution in [-0.2, 0) is 11.0 Å². The smallest absolute Gasteiger partial charge is 0.416 e. The third-order valence-corrected chi connectivity index (χ3v) is 4.62. The van der Waals surface area contributed by atoms with Crippen molar-refractivity contribution in [2.24, 2.45) is 11.8 Å². The third kappa shape index (κ3) is 3.36. The first kappa shape index (κ1) is 15.2. The molecule has 3 nitrogen and oxygen atoms in total. The molecule has 2 bridgehead atoms. The number of nitrogens with one attached hydrogen (secondary N) is 1. The quantitative estimate of drug-likeness (QED) is 0.925. The molecule has 3 rings (SSSR count). The molecule has 2 aliphatic carbocycles. The van der Waals surface area contributed by atoms with Gasteiger partial charge in [-0.25, -0.2) is 0 Å². The monoisotopic (exact) mass is 313 g/mol. The van der Waals surface area contributed by atoms with Gasteiger partial charge in [-0.2, -0.15) is 13.2 Å². The molecule has 0 spiro atoms. The van der Waals surface area contributed by atoms with E-state index in [1.54, 1.807) is 0 Å². The number of ether oxygens (including phenoxy) is 1. The van der Waals surface area contributed by atoms with Gasteiger partial charge in [-0.15, -0.1) is 0 Å². The number of fused-ring (bicyclic) bond motifs is 2. The van der Waals surface area contributed by atoms with Crippen molar-refractivity contribution in [1.82, 2.24) is 5.32 Å². The molecule has 0 aromatic heterocycles. The van der Waals surface area contributed by atoms with Crippen molar-refractivity contribution in [1.29, 1.82) is 0 Å². The molecule has 6 heteroatoms. The number of amides is 1. The molecule has 0 aliphatic heterocycles. The molecule has 120 valence electrons. The lowest BCUT2D eigenvalue weighted by Gasteiger charge is -2.22. The average Bonchev–Trinajstić information content (AvgIpc) is 3.07. The van der Waals surface area contributed by atoms with E-state index in [0.29, 0.717) is 5.92 Å². The highest BCUT2D eigenvalue weighted by Crippen LogP contribution is 2.44. The van der Waals surface area contributed by atoms with Crippen LogP contribution < -0.4 is 10.1 Å². The van der Waals surface area contributed by atoms with E-state index in [4.69, 9.17) is 4.74 Å². The maximum Gasteiger partial charge on any atom is 0.416 e. The number of benzene rings is 1. The van der Waals surface area contributed by atoms with Crippen molar-refractivity contribution >= 4 is 5.91 Å². The van der Waals surface area contributed by atoms with Crippen molar-refractivity contribution in [3.8, 4) is 5.75 Å². The summed E-state index contributed by atoms with van der Waals surface area (Å²) in [6, 6.07) is 4.77. The zero-order valence-electron chi connectivity index (χ0n) is 12.0. The molecule has 1 N–H and O–H groups in total. The highest BCUT2D eigenvalue weighted by atomic mass is 19.4. The van der Waals surface area contributed by atoms with Gasteiger partial charge in [0, 0.05) is 6.04 Å². The maximum absolute atomic E-state index is 12.6. The molecule has 1 aromatic rings. The van der Waals surface area contributed by atoms with Crippen LogP contribution in [0.3, 0.4) is 0 Å². The van der Waals surface area contributed by atoms with Gasteiger partial charge in [0.25, 0.3) is 5.91 Å². The van der Waals surface area contributed by atoms with E-state index >= 15 is 0 Å². The van der Waals surface area contributed by atoms with Crippen LogP contribution in [0.25, 0.3) is 0 Å². The van der Waals surface area contributed by atoms with Gasteiger partial charge in [0.2, 0.25) is 0 Å². The summed E-state index contributed by atoms with van der Waals surface area (Å²) in [7, 11) is 0. The maximum atomic E-state index is 12.6. The van der Waals surface area contributed by atoms with Gasteiger partial charge >= 0.3 is 6.18 Å². The molecule has 1 amide bonds. The van der Waals surface area contributed by atoms with Gasteiger partial charge in [-0.05, 0) is 49.3 Å². The number of halogens is 3. The Bertz CT molecular complexity index is 559. The average molecular weight is 313 g/mol.